The van der Waals surface area contributed by atoms with Crippen LogP contribution in [0.15, 0.2) is 6.07 Å². The van der Waals surface area contributed by atoms with Gasteiger partial charge in [0.15, 0.2) is 0 Å². The number of aromatic nitrogens is 1. The molecule has 1 aliphatic carbocycles. The Hall–Kier alpha value is -1.20. The molecule has 1 aliphatic rings. The summed E-state index contributed by atoms with van der Waals surface area (Å²) in [7, 11) is 2.00. The third-order valence-electron chi connectivity index (χ3n) is 3.43. The Kier molecular flexibility index (Phi) is 4.71. The molecule has 1 aromatic rings. The highest BCUT2D eigenvalue weighted by Gasteiger charge is 2.19. The van der Waals surface area contributed by atoms with E-state index in [0.29, 0.717) is 11.6 Å². The Balaban J connectivity index is 2.24. The van der Waals surface area contributed by atoms with Crippen LogP contribution in [0.5, 0.6) is 0 Å². The number of fused-ring (bicyclic) bond motifs is 1. The average Bonchev–Trinajstić information content (AvgIpc) is 2.84. The number of hydrogen-bond donors (Lipinski definition) is 1. The van der Waals surface area contributed by atoms with E-state index in [9.17, 15) is 0 Å². The number of nitrogens with two attached hydrogens (primary N) is 1. The van der Waals surface area contributed by atoms with Crippen LogP contribution in [-0.2, 0) is 17.6 Å². The van der Waals surface area contributed by atoms with Crippen molar-refractivity contribution in [1.82, 2.24) is 4.98 Å². The number of ether oxygens (including phenoxy) is 1. The number of nitrogens with zero attached hydrogens (tertiary/aromatic N) is 2. The number of anilines is 1. The molecule has 2 N–H and O–H groups in total. The highest BCUT2D eigenvalue weighted by Crippen LogP contribution is 2.26. The fourth-order valence-electron chi connectivity index (χ4n) is 2.39. The molecule has 0 spiro atoms. The Morgan fingerprint density at radius 1 is 1.53 bits per heavy atom. The SMILES string of the molecule is CCOCCN(C)c1nc2c(cc1C(N)=S)CCC2. The topological polar surface area (TPSA) is 51.4 Å². The second kappa shape index (κ2) is 6.30. The van der Waals surface area contributed by atoms with Gasteiger partial charge in [0.1, 0.15) is 10.8 Å². The van der Waals surface area contributed by atoms with E-state index in [1.165, 1.54) is 17.7 Å². The lowest BCUT2D eigenvalue weighted by Gasteiger charge is -2.22. The molecule has 0 aromatic carbocycles. The Morgan fingerprint density at radius 2 is 2.32 bits per heavy atom. The van der Waals surface area contributed by atoms with Crippen LogP contribution in [-0.4, -0.2) is 36.8 Å². The summed E-state index contributed by atoms with van der Waals surface area (Å²) >= 11 is 5.16. The standard InChI is InChI=1S/C14H21N3OS/c1-3-18-8-7-17(2)14-11(13(15)19)9-10-5-4-6-12(10)16-14/h9H,3-8H2,1-2H3,(H2,15,19). The molecule has 0 unspecified atom stereocenters. The summed E-state index contributed by atoms with van der Waals surface area (Å²) in [4.78, 5) is 7.25. The third kappa shape index (κ3) is 3.22. The molecule has 0 fully saturated rings. The Bertz CT molecular complexity index is 476. The van der Waals surface area contributed by atoms with E-state index in [-0.39, 0.29) is 0 Å². The van der Waals surface area contributed by atoms with Gasteiger partial charge in [-0.2, -0.15) is 0 Å². The van der Waals surface area contributed by atoms with Crippen molar-refractivity contribution in [3.05, 3.63) is 22.9 Å². The van der Waals surface area contributed by atoms with Crippen molar-refractivity contribution in [3.63, 3.8) is 0 Å². The van der Waals surface area contributed by atoms with Gasteiger partial charge >= 0.3 is 0 Å². The normalized spacial score (nSPS) is 13.4. The molecular weight excluding hydrogens is 258 g/mol. The Morgan fingerprint density at radius 3 is 3.00 bits per heavy atom. The van der Waals surface area contributed by atoms with E-state index in [1.54, 1.807) is 0 Å². The summed E-state index contributed by atoms with van der Waals surface area (Å²) in [5.41, 5.74) is 9.21. The molecule has 0 saturated heterocycles. The van der Waals surface area contributed by atoms with Crippen molar-refractivity contribution in [2.24, 2.45) is 5.73 Å². The number of rotatable bonds is 6. The average molecular weight is 279 g/mol. The number of likely N-dealkylation sites (N-methyl/N-ethyl adjacent to an activating group) is 1. The van der Waals surface area contributed by atoms with E-state index in [1.807, 2.05) is 14.0 Å². The summed E-state index contributed by atoms with van der Waals surface area (Å²) in [6, 6.07) is 2.12. The highest BCUT2D eigenvalue weighted by molar-refractivity contribution is 7.80. The number of hydrogen-bond acceptors (Lipinski definition) is 4. The smallest absolute Gasteiger partial charge is 0.138 e. The van der Waals surface area contributed by atoms with Crippen LogP contribution in [0.25, 0.3) is 0 Å². The molecule has 0 amide bonds. The van der Waals surface area contributed by atoms with Crippen LogP contribution in [0.2, 0.25) is 0 Å². The highest BCUT2D eigenvalue weighted by atomic mass is 32.1. The first-order chi connectivity index (χ1) is 9.13. The fourth-order valence-corrected chi connectivity index (χ4v) is 2.54. The van der Waals surface area contributed by atoms with Gasteiger partial charge in [0.25, 0.3) is 0 Å². The van der Waals surface area contributed by atoms with E-state index >= 15 is 0 Å². The number of pyridine rings is 1. The zero-order chi connectivity index (χ0) is 13.8. The minimum Gasteiger partial charge on any atom is -0.389 e. The summed E-state index contributed by atoms with van der Waals surface area (Å²) in [5, 5.41) is 0. The van der Waals surface area contributed by atoms with Crippen molar-refractivity contribution in [2.75, 3.05) is 31.7 Å². The van der Waals surface area contributed by atoms with Gasteiger partial charge in [-0.25, -0.2) is 4.98 Å². The molecule has 0 saturated carbocycles. The molecule has 0 aliphatic heterocycles. The predicted molar refractivity (Wildman–Crippen MR) is 81.9 cm³/mol. The maximum absolute atomic E-state index is 5.83. The molecule has 104 valence electrons. The quantitative estimate of drug-likeness (QED) is 0.634. The third-order valence-corrected chi connectivity index (χ3v) is 3.65. The van der Waals surface area contributed by atoms with E-state index in [0.717, 1.165) is 37.4 Å². The molecule has 19 heavy (non-hydrogen) atoms. The van der Waals surface area contributed by atoms with Crippen LogP contribution >= 0.6 is 12.2 Å². The van der Waals surface area contributed by atoms with Crippen LogP contribution in [0.3, 0.4) is 0 Å². The second-order valence-corrected chi connectivity index (χ2v) is 5.24. The largest absolute Gasteiger partial charge is 0.389 e. The van der Waals surface area contributed by atoms with Gasteiger partial charge in [0, 0.05) is 25.9 Å². The summed E-state index contributed by atoms with van der Waals surface area (Å²) in [6.07, 6.45) is 3.31. The number of aryl methyl sites for hydroxylation is 2. The van der Waals surface area contributed by atoms with E-state index in [2.05, 4.69) is 11.0 Å². The van der Waals surface area contributed by atoms with Crippen LogP contribution in [0.4, 0.5) is 5.82 Å². The van der Waals surface area contributed by atoms with Gasteiger partial charge in [-0.15, -0.1) is 0 Å². The number of thiocarbonyl (C=S) groups is 1. The molecule has 4 nitrogen and oxygen atoms in total. The van der Waals surface area contributed by atoms with Crippen molar-refractivity contribution in [3.8, 4) is 0 Å². The van der Waals surface area contributed by atoms with Crippen LogP contribution < -0.4 is 10.6 Å². The molecule has 0 radical (unpaired) electrons. The van der Waals surface area contributed by atoms with Gasteiger partial charge in [0.05, 0.1) is 12.2 Å². The van der Waals surface area contributed by atoms with E-state index < -0.39 is 0 Å². The van der Waals surface area contributed by atoms with Crippen molar-refractivity contribution >= 4 is 23.0 Å². The lowest BCUT2D eigenvalue weighted by atomic mass is 10.1. The second-order valence-electron chi connectivity index (χ2n) is 4.80. The van der Waals surface area contributed by atoms with E-state index in [4.69, 9.17) is 27.7 Å². The monoisotopic (exact) mass is 279 g/mol. The first kappa shape index (κ1) is 14.2. The predicted octanol–water partition coefficient (Wildman–Crippen LogP) is 1.68. The molecule has 0 bridgehead atoms. The summed E-state index contributed by atoms with van der Waals surface area (Å²) < 4.78 is 5.39. The molecule has 1 heterocycles. The van der Waals surface area contributed by atoms with Crippen LogP contribution in [0, 0.1) is 0 Å². The lowest BCUT2D eigenvalue weighted by molar-refractivity contribution is 0.154. The van der Waals surface area contributed by atoms with Gasteiger partial charge in [0.2, 0.25) is 0 Å². The van der Waals surface area contributed by atoms with Gasteiger partial charge in [-0.05, 0) is 37.8 Å². The van der Waals surface area contributed by atoms with Crippen LogP contribution in [0.1, 0.15) is 30.2 Å². The van der Waals surface area contributed by atoms with Crippen molar-refractivity contribution in [2.45, 2.75) is 26.2 Å². The fraction of sp³-hybridized carbons (Fsp3) is 0.571. The van der Waals surface area contributed by atoms with Crippen molar-refractivity contribution in [1.29, 1.82) is 0 Å². The molecular formula is C14H21N3OS. The van der Waals surface area contributed by atoms with Gasteiger partial charge in [-0.3, -0.25) is 0 Å². The molecule has 2 rings (SSSR count). The first-order valence-electron chi connectivity index (χ1n) is 6.75. The lowest BCUT2D eigenvalue weighted by Crippen LogP contribution is -2.27. The summed E-state index contributed by atoms with van der Waals surface area (Å²) in [6.45, 7) is 4.19. The minimum atomic E-state index is 0.417. The Labute approximate surface area is 120 Å². The first-order valence-corrected chi connectivity index (χ1v) is 7.15. The molecule has 1 aromatic heterocycles. The zero-order valence-electron chi connectivity index (χ0n) is 11.6. The molecule has 0 atom stereocenters. The van der Waals surface area contributed by atoms with Gasteiger partial charge < -0.3 is 15.4 Å². The van der Waals surface area contributed by atoms with Crippen molar-refractivity contribution < 1.29 is 4.74 Å². The maximum atomic E-state index is 5.83. The van der Waals surface area contributed by atoms with Gasteiger partial charge in [-0.1, -0.05) is 12.2 Å². The molecule has 5 heteroatoms. The minimum absolute atomic E-state index is 0.417. The maximum Gasteiger partial charge on any atom is 0.138 e. The summed E-state index contributed by atoms with van der Waals surface area (Å²) in [5.74, 6) is 0.882. The zero-order valence-corrected chi connectivity index (χ0v) is 12.4.